The predicted molar refractivity (Wildman–Crippen MR) is 89.0 cm³/mol. The van der Waals surface area contributed by atoms with Crippen LogP contribution in [0.3, 0.4) is 0 Å². The fraction of sp³-hybridized carbons (Fsp3) is 0.611. The monoisotopic (exact) mass is 307 g/mol. The van der Waals surface area contributed by atoms with Crippen LogP contribution >= 0.6 is 0 Å². The number of carbonyl (C=O) groups excluding carboxylic acids is 1. The van der Waals surface area contributed by atoms with Crippen molar-refractivity contribution in [3.63, 3.8) is 0 Å². The van der Waals surface area contributed by atoms with Gasteiger partial charge in [-0.05, 0) is 30.9 Å². The van der Waals surface area contributed by atoms with Crippen molar-refractivity contribution >= 4 is 5.91 Å². The van der Waals surface area contributed by atoms with Gasteiger partial charge in [-0.1, -0.05) is 45.9 Å². The maximum atomic E-state index is 12.5. The van der Waals surface area contributed by atoms with E-state index in [0.717, 1.165) is 11.3 Å². The summed E-state index contributed by atoms with van der Waals surface area (Å²) in [6, 6.07) is 7.73. The van der Waals surface area contributed by atoms with Crippen molar-refractivity contribution in [1.29, 1.82) is 0 Å². The first kappa shape index (κ1) is 18.5. The molecule has 0 aromatic heterocycles. The van der Waals surface area contributed by atoms with E-state index in [9.17, 15) is 9.90 Å². The molecular weight excluding hydrogens is 278 g/mol. The standard InChI is InChI=1S/C18H29NO3/c1-6-18(21,7-2)13-19-16(20)17(3,4)12-14-10-8-9-11-15(14)22-5/h8-11,21H,6-7,12-13H2,1-5H3,(H,19,20). The third kappa shape index (κ3) is 4.73. The summed E-state index contributed by atoms with van der Waals surface area (Å²) in [5.41, 5.74) is -0.390. The number of hydrogen-bond acceptors (Lipinski definition) is 3. The van der Waals surface area contributed by atoms with Crippen LogP contribution in [-0.2, 0) is 11.2 Å². The van der Waals surface area contributed by atoms with Crippen molar-refractivity contribution in [3.8, 4) is 5.75 Å². The van der Waals surface area contributed by atoms with Gasteiger partial charge in [0, 0.05) is 12.0 Å². The van der Waals surface area contributed by atoms with Crippen molar-refractivity contribution in [2.24, 2.45) is 5.41 Å². The number of hydrogen-bond donors (Lipinski definition) is 2. The summed E-state index contributed by atoms with van der Waals surface area (Å²) in [6.07, 6.45) is 1.83. The van der Waals surface area contributed by atoms with Crippen LogP contribution < -0.4 is 10.1 Å². The molecule has 0 saturated carbocycles. The van der Waals surface area contributed by atoms with Crippen molar-refractivity contribution < 1.29 is 14.6 Å². The van der Waals surface area contributed by atoms with E-state index in [0.29, 0.717) is 19.3 Å². The van der Waals surface area contributed by atoms with Crippen LogP contribution in [0.25, 0.3) is 0 Å². The van der Waals surface area contributed by atoms with E-state index in [2.05, 4.69) is 5.32 Å². The highest BCUT2D eigenvalue weighted by Gasteiger charge is 2.31. The molecule has 0 aliphatic rings. The smallest absolute Gasteiger partial charge is 0.226 e. The average Bonchev–Trinajstić information content (AvgIpc) is 2.52. The molecule has 0 bridgehead atoms. The van der Waals surface area contributed by atoms with Crippen LogP contribution in [0.2, 0.25) is 0 Å². The Kier molecular flexibility index (Phi) is 6.42. The van der Waals surface area contributed by atoms with E-state index >= 15 is 0 Å². The Hall–Kier alpha value is -1.55. The molecule has 0 radical (unpaired) electrons. The fourth-order valence-corrected chi connectivity index (χ4v) is 2.39. The van der Waals surface area contributed by atoms with E-state index in [1.165, 1.54) is 0 Å². The maximum absolute atomic E-state index is 12.5. The third-order valence-electron chi connectivity index (χ3n) is 4.33. The molecule has 0 fully saturated rings. The zero-order valence-electron chi connectivity index (χ0n) is 14.4. The Morgan fingerprint density at radius 2 is 1.82 bits per heavy atom. The van der Waals surface area contributed by atoms with Crippen molar-refractivity contribution in [2.45, 2.75) is 52.6 Å². The molecule has 0 heterocycles. The van der Waals surface area contributed by atoms with Gasteiger partial charge >= 0.3 is 0 Å². The summed E-state index contributed by atoms with van der Waals surface area (Å²) in [5.74, 6) is 0.737. The van der Waals surface area contributed by atoms with E-state index in [4.69, 9.17) is 4.74 Å². The Labute approximate surface area is 133 Å². The summed E-state index contributed by atoms with van der Waals surface area (Å²) in [4.78, 5) is 12.5. The van der Waals surface area contributed by atoms with E-state index < -0.39 is 11.0 Å². The van der Waals surface area contributed by atoms with Gasteiger partial charge in [0.2, 0.25) is 5.91 Å². The van der Waals surface area contributed by atoms with Crippen LogP contribution in [0, 0.1) is 5.41 Å². The molecule has 0 unspecified atom stereocenters. The SMILES string of the molecule is CCC(O)(CC)CNC(=O)C(C)(C)Cc1ccccc1OC. The minimum atomic E-state index is -0.823. The molecular formula is C18H29NO3. The van der Waals surface area contributed by atoms with E-state index in [-0.39, 0.29) is 12.5 Å². The zero-order chi connectivity index (χ0) is 16.8. The van der Waals surface area contributed by atoms with Gasteiger partial charge < -0.3 is 15.2 Å². The Morgan fingerprint density at radius 3 is 2.36 bits per heavy atom. The molecule has 22 heavy (non-hydrogen) atoms. The number of amides is 1. The summed E-state index contributed by atoms with van der Waals surface area (Å²) in [7, 11) is 1.63. The van der Waals surface area contributed by atoms with Crippen molar-refractivity contribution in [3.05, 3.63) is 29.8 Å². The lowest BCUT2D eigenvalue weighted by Crippen LogP contribution is -2.46. The van der Waals surface area contributed by atoms with Crippen LogP contribution in [0.1, 0.15) is 46.1 Å². The summed E-state index contributed by atoms with van der Waals surface area (Å²) >= 11 is 0. The largest absolute Gasteiger partial charge is 0.496 e. The maximum Gasteiger partial charge on any atom is 0.226 e. The number of ether oxygens (including phenoxy) is 1. The van der Waals surface area contributed by atoms with Crippen LogP contribution in [-0.4, -0.2) is 30.3 Å². The van der Waals surface area contributed by atoms with Gasteiger partial charge in [0.25, 0.3) is 0 Å². The molecule has 2 N–H and O–H groups in total. The Balaban J connectivity index is 2.75. The molecule has 0 spiro atoms. The normalized spacial score (nSPS) is 12.1. The fourth-order valence-electron chi connectivity index (χ4n) is 2.39. The topological polar surface area (TPSA) is 58.6 Å². The minimum Gasteiger partial charge on any atom is -0.496 e. The number of rotatable bonds is 8. The number of methoxy groups -OCH3 is 1. The van der Waals surface area contributed by atoms with Crippen molar-refractivity contribution in [2.75, 3.05) is 13.7 Å². The molecule has 0 saturated heterocycles. The lowest BCUT2D eigenvalue weighted by atomic mass is 9.84. The van der Waals surface area contributed by atoms with Gasteiger partial charge in [0.1, 0.15) is 5.75 Å². The summed E-state index contributed by atoms with van der Waals surface area (Å²) in [6.45, 7) is 7.96. The van der Waals surface area contributed by atoms with Gasteiger partial charge in [0.05, 0.1) is 12.7 Å². The highest BCUT2D eigenvalue weighted by atomic mass is 16.5. The van der Waals surface area contributed by atoms with E-state index in [1.807, 2.05) is 52.0 Å². The van der Waals surface area contributed by atoms with Crippen LogP contribution in [0.5, 0.6) is 5.75 Å². The summed E-state index contributed by atoms with van der Waals surface area (Å²) < 4.78 is 5.35. The molecule has 0 aliphatic heterocycles. The molecule has 1 aromatic carbocycles. The Morgan fingerprint density at radius 1 is 1.23 bits per heavy atom. The second-order valence-corrected chi connectivity index (χ2v) is 6.49. The van der Waals surface area contributed by atoms with Crippen LogP contribution in [0.4, 0.5) is 0 Å². The number of aliphatic hydroxyl groups is 1. The number of carbonyl (C=O) groups is 1. The second-order valence-electron chi connectivity index (χ2n) is 6.49. The lowest BCUT2D eigenvalue weighted by molar-refractivity contribution is -0.130. The molecule has 4 nitrogen and oxygen atoms in total. The first-order valence-corrected chi connectivity index (χ1v) is 7.90. The molecule has 1 amide bonds. The zero-order valence-corrected chi connectivity index (χ0v) is 14.4. The molecule has 1 rings (SSSR count). The third-order valence-corrected chi connectivity index (χ3v) is 4.33. The van der Waals surface area contributed by atoms with Crippen molar-refractivity contribution in [1.82, 2.24) is 5.32 Å². The molecule has 1 aromatic rings. The number of benzene rings is 1. The highest BCUT2D eigenvalue weighted by Crippen LogP contribution is 2.28. The lowest BCUT2D eigenvalue weighted by Gasteiger charge is -2.29. The first-order chi connectivity index (χ1) is 10.3. The quantitative estimate of drug-likeness (QED) is 0.776. The van der Waals surface area contributed by atoms with Gasteiger partial charge in [-0.2, -0.15) is 0 Å². The average molecular weight is 307 g/mol. The first-order valence-electron chi connectivity index (χ1n) is 7.90. The van der Waals surface area contributed by atoms with Gasteiger partial charge in [0.15, 0.2) is 0 Å². The molecule has 0 atom stereocenters. The van der Waals surface area contributed by atoms with Gasteiger partial charge in [-0.15, -0.1) is 0 Å². The number of nitrogens with one attached hydrogen (secondary N) is 1. The van der Waals surface area contributed by atoms with Crippen LogP contribution in [0.15, 0.2) is 24.3 Å². The highest BCUT2D eigenvalue weighted by molar-refractivity contribution is 5.82. The van der Waals surface area contributed by atoms with Gasteiger partial charge in [-0.25, -0.2) is 0 Å². The Bertz CT molecular complexity index is 493. The van der Waals surface area contributed by atoms with Gasteiger partial charge in [-0.3, -0.25) is 4.79 Å². The minimum absolute atomic E-state index is 0.0567. The molecule has 124 valence electrons. The predicted octanol–water partition coefficient (Wildman–Crippen LogP) is 2.93. The molecule has 0 aliphatic carbocycles. The summed E-state index contributed by atoms with van der Waals surface area (Å²) in [5, 5.41) is 13.2. The number of para-hydroxylation sites is 1. The van der Waals surface area contributed by atoms with E-state index in [1.54, 1.807) is 7.11 Å². The second kappa shape index (κ2) is 7.63. The molecule has 4 heteroatoms.